The molecule has 1 saturated heterocycles. The molecule has 6 heteroatoms. The standard InChI is InChI=1S/C25H23FN4O/c1-18-4-5-20(22(26)15-18)16-25(17-27)8-13-30(14-9-25)24(31)21-3-2-10-29-23(21)19-6-11-28-12-7-19/h2-7,10-12,15H,8-9,13-14,16H2,1H3. The van der Waals surface area contributed by atoms with Crippen molar-refractivity contribution in [1.29, 1.82) is 5.26 Å². The molecule has 0 unspecified atom stereocenters. The number of hydrogen-bond donors (Lipinski definition) is 0. The van der Waals surface area contributed by atoms with Crippen LogP contribution in [-0.2, 0) is 6.42 Å². The topological polar surface area (TPSA) is 69.9 Å². The summed E-state index contributed by atoms with van der Waals surface area (Å²) >= 11 is 0. The Hall–Kier alpha value is -3.59. The third-order valence-corrected chi connectivity index (χ3v) is 5.97. The lowest BCUT2D eigenvalue weighted by molar-refractivity contribution is 0.0647. The number of piperidine rings is 1. The van der Waals surface area contributed by atoms with Gasteiger partial charge in [-0.25, -0.2) is 4.39 Å². The quantitative estimate of drug-likeness (QED) is 0.627. The van der Waals surface area contributed by atoms with Crippen molar-refractivity contribution in [3.05, 3.63) is 83.6 Å². The van der Waals surface area contributed by atoms with Crippen LogP contribution in [0.1, 0.15) is 34.3 Å². The zero-order chi connectivity index (χ0) is 21.8. The van der Waals surface area contributed by atoms with Crippen LogP contribution in [0.25, 0.3) is 11.3 Å². The van der Waals surface area contributed by atoms with Gasteiger partial charge in [-0.15, -0.1) is 0 Å². The van der Waals surface area contributed by atoms with Crippen LogP contribution in [0.3, 0.4) is 0 Å². The van der Waals surface area contributed by atoms with E-state index in [-0.39, 0.29) is 11.7 Å². The molecule has 1 amide bonds. The van der Waals surface area contributed by atoms with Gasteiger partial charge >= 0.3 is 0 Å². The molecule has 3 heterocycles. The first kappa shape index (κ1) is 20.7. The number of aromatic nitrogens is 2. The average molecular weight is 414 g/mol. The predicted octanol–water partition coefficient (Wildman–Crippen LogP) is 4.58. The first-order chi connectivity index (χ1) is 15.0. The lowest BCUT2D eigenvalue weighted by Crippen LogP contribution is -2.43. The summed E-state index contributed by atoms with van der Waals surface area (Å²) in [7, 11) is 0. The molecule has 0 saturated carbocycles. The molecule has 5 nitrogen and oxygen atoms in total. The van der Waals surface area contributed by atoms with Crippen molar-refractivity contribution >= 4 is 5.91 Å². The number of halogens is 1. The molecule has 0 aliphatic carbocycles. The van der Waals surface area contributed by atoms with Gasteiger partial charge in [0.1, 0.15) is 5.82 Å². The van der Waals surface area contributed by atoms with Crippen molar-refractivity contribution in [1.82, 2.24) is 14.9 Å². The molecule has 3 aromatic rings. The number of hydrogen-bond acceptors (Lipinski definition) is 4. The van der Waals surface area contributed by atoms with E-state index in [0.717, 1.165) is 11.1 Å². The minimum atomic E-state index is -0.671. The van der Waals surface area contributed by atoms with Gasteiger partial charge in [-0.05, 0) is 67.6 Å². The van der Waals surface area contributed by atoms with E-state index in [1.54, 1.807) is 41.7 Å². The highest BCUT2D eigenvalue weighted by Crippen LogP contribution is 2.36. The van der Waals surface area contributed by atoms with Crippen molar-refractivity contribution < 1.29 is 9.18 Å². The van der Waals surface area contributed by atoms with Gasteiger partial charge in [0.2, 0.25) is 0 Å². The first-order valence-corrected chi connectivity index (χ1v) is 10.3. The Bertz CT molecular complexity index is 1130. The molecule has 4 rings (SSSR count). The molecule has 0 bridgehead atoms. The molecule has 2 aromatic heterocycles. The largest absolute Gasteiger partial charge is 0.338 e. The summed E-state index contributed by atoms with van der Waals surface area (Å²) in [6, 6.07) is 14.7. The van der Waals surface area contributed by atoms with Crippen molar-refractivity contribution in [3.63, 3.8) is 0 Å². The van der Waals surface area contributed by atoms with Gasteiger partial charge < -0.3 is 4.90 Å². The summed E-state index contributed by atoms with van der Waals surface area (Å²) in [5, 5.41) is 9.89. The second-order valence-corrected chi connectivity index (χ2v) is 8.09. The Morgan fingerprint density at radius 1 is 1.16 bits per heavy atom. The number of nitrogens with zero attached hydrogens (tertiary/aromatic N) is 4. The number of carbonyl (C=O) groups excluding carboxylic acids is 1. The number of likely N-dealkylation sites (tertiary alicyclic amines) is 1. The Morgan fingerprint density at radius 3 is 2.58 bits per heavy atom. The van der Waals surface area contributed by atoms with Crippen LogP contribution in [0.5, 0.6) is 0 Å². The number of aryl methyl sites for hydroxylation is 1. The molecule has 0 atom stereocenters. The molecule has 1 aliphatic rings. The van der Waals surface area contributed by atoms with Crippen LogP contribution in [0, 0.1) is 29.5 Å². The number of benzene rings is 1. The maximum atomic E-state index is 14.4. The van der Waals surface area contributed by atoms with Crippen LogP contribution in [0.2, 0.25) is 0 Å². The van der Waals surface area contributed by atoms with Crippen molar-refractivity contribution in [2.45, 2.75) is 26.2 Å². The molecule has 0 radical (unpaired) electrons. The second kappa shape index (κ2) is 8.65. The number of amides is 1. The van der Waals surface area contributed by atoms with E-state index in [0.29, 0.717) is 49.2 Å². The Kier molecular flexibility index (Phi) is 5.77. The number of pyridine rings is 2. The second-order valence-electron chi connectivity index (χ2n) is 8.09. The molecule has 31 heavy (non-hydrogen) atoms. The van der Waals surface area contributed by atoms with Gasteiger partial charge in [0, 0.05) is 37.2 Å². The normalized spacial score (nSPS) is 15.3. The molecule has 0 N–H and O–H groups in total. The number of nitriles is 1. The fraction of sp³-hybridized carbons (Fsp3) is 0.280. The van der Waals surface area contributed by atoms with E-state index in [1.165, 1.54) is 6.07 Å². The summed E-state index contributed by atoms with van der Waals surface area (Å²) in [6.07, 6.45) is 6.38. The van der Waals surface area contributed by atoms with Gasteiger partial charge in [-0.1, -0.05) is 12.1 Å². The highest BCUT2D eigenvalue weighted by Gasteiger charge is 2.37. The maximum Gasteiger partial charge on any atom is 0.256 e. The number of rotatable bonds is 4. The summed E-state index contributed by atoms with van der Waals surface area (Å²) in [5.74, 6) is -0.376. The molecule has 1 fully saturated rings. The van der Waals surface area contributed by atoms with Crippen LogP contribution in [0.15, 0.2) is 61.1 Å². The van der Waals surface area contributed by atoms with Crippen LogP contribution in [0.4, 0.5) is 4.39 Å². The monoisotopic (exact) mass is 414 g/mol. The van der Waals surface area contributed by atoms with E-state index in [4.69, 9.17) is 0 Å². The maximum absolute atomic E-state index is 14.4. The minimum Gasteiger partial charge on any atom is -0.338 e. The molecule has 1 aromatic carbocycles. The summed E-state index contributed by atoms with van der Waals surface area (Å²) in [6.45, 7) is 2.74. The summed E-state index contributed by atoms with van der Waals surface area (Å²) in [5.41, 5.74) is 2.72. The zero-order valence-electron chi connectivity index (χ0n) is 17.4. The van der Waals surface area contributed by atoms with Crippen molar-refractivity contribution in [2.24, 2.45) is 5.41 Å². The SMILES string of the molecule is Cc1ccc(CC2(C#N)CCN(C(=O)c3cccnc3-c3ccncc3)CC2)c(F)c1. The van der Waals surface area contributed by atoms with E-state index >= 15 is 0 Å². The number of carbonyl (C=O) groups is 1. The van der Waals surface area contributed by atoms with Crippen LogP contribution < -0.4 is 0 Å². The van der Waals surface area contributed by atoms with E-state index in [9.17, 15) is 14.4 Å². The third kappa shape index (κ3) is 4.31. The first-order valence-electron chi connectivity index (χ1n) is 10.3. The molecular weight excluding hydrogens is 391 g/mol. The molecule has 1 aliphatic heterocycles. The van der Waals surface area contributed by atoms with Gasteiger partial charge in [-0.3, -0.25) is 14.8 Å². The van der Waals surface area contributed by atoms with Gasteiger partial charge in [-0.2, -0.15) is 5.26 Å². The fourth-order valence-corrected chi connectivity index (χ4v) is 4.11. The fourth-order valence-electron chi connectivity index (χ4n) is 4.11. The lowest BCUT2D eigenvalue weighted by Gasteiger charge is -2.37. The molecule has 156 valence electrons. The minimum absolute atomic E-state index is 0.104. The predicted molar refractivity (Wildman–Crippen MR) is 115 cm³/mol. The highest BCUT2D eigenvalue weighted by molar-refractivity contribution is 5.99. The lowest BCUT2D eigenvalue weighted by atomic mass is 9.75. The zero-order valence-corrected chi connectivity index (χ0v) is 17.4. The Balaban J connectivity index is 1.51. The van der Waals surface area contributed by atoms with E-state index in [2.05, 4.69) is 16.0 Å². The van der Waals surface area contributed by atoms with Crippen molar-refractivity contribution in [2.75, 3.05) is 13.1 Å². The highest BCUT2D eigenvalue weighted by atomic mass is 19.1. The summed E-state index contributed by atoms with van der Waals surface area (Å²) in [4.78, 5) is 23.5. The Morgan fingerprint density at radius 2 is 1.90 bits per heavy atom. The van der Waals surface area contributed by atoms with Gasteiger partial charge in [0.25, 0.3) is 5.91 Å². The Labute approximate surface area is 181 Å². The third-order valence-electron chi connectivity index (χ3n) is 5.97. The molecular formula is C25H23FN4O. The van der Waals surface area contributed by atoms with Gasteiger partial charge in [0.15, 0.2) is 0 Å². The average Bonchev–Trinajstić information content (AvgIpc) is 2.81. The van der Waals surface area contributed by atoms with Gasteiger partial charge in [0.05, 0.1) is 22.7 Å². The van der Waals surface area contributed by atoms with Crippen molar-refractivity contribution in [3.8, 4) is 17.3 Å². The van der Waals surface area contributed by atoms with E-state index < -0.39 is 5.41 Å². The summed E-state index contributed by atoms with van der Waals surface area (Å²) < 4.78 is 14.4. The van der Waals surface area contributed by atoms with Crippen LogP contribution in [-0.4, -0.2) is 33.9 Å². The molecule has 0 spiro atoms. The van der Waals surface area contributed by atoms with Crippen LogP contribution >= 0.6 is 0 Å². The smallest absolute Gasteiger partial charge is 0.256 e. The van der Waals surface area contributed by atoms with E-state index in [1.807, 2.05) is 25.1 Å².